The summed E-state index contributed by atoms with van der Waals surface area (Å²) in [4.78, 5) is 26.2. The van der Waals surface area contributed by atoms with Gasteiger partial charge < -0.3 is 14.6 Å². The van der Waals surface area contributed by atoms with Gasteiger partial charge in [-0.15, -0.1) is 5.10 Å². The Bertz CT molecular complexity index is 1600. The van der Waals surface area contributed by atoms with Crippen LogP contribution in [0.1, 0.15) is 54.5 Å². The molecule has 4 aromatic rings. The van der Waals surface area contributed by atoms with Crippen LogP contribution >= 0.6 is 0 Å². The molecule has 9 heteroatoms. The van der Waals surface area contributed by atoms with E-state index in [2.05, 4.69) is 35.4 Å². The topological polar surface area (TPSA) is 101 Å². The fourth-order valence-corrected chi connectivity index (χ4v) is 10.1. The fraction of sp³-hybridized carbons (Fsp3) is 0.417. The summed E-state index contributed by atoms with van der Waals surface area (Å²) in [6.45, 7) is 6.84. The molecule has 0 aliphatic carbocycles. The molecular formula is C36H44N4O4Si. The van der Waals surface area contributed by atoms with Gasteiger partial charge in [0.2, 0.25) is 5.91 Å². The highest BCUT2D eigenvalue weighted by Crippen LogP contribution is 2.46. The molecule has 1 aromatic heterocycles. The van der Waals surface area contributed by atoms with Crippen LogP contribution in [-0.2, 0) is 28.9 Å². The minimum absolute atomic E-state index is 0.0306. The van der Waals surface area contributed by atoms with Gasteiger partial charge in [0.05, 0.1) is 36.1 Å². The number of ether oxygens (including phenoxy) is 1. The van der Waals surface area contributed by atoms with Crippen molar-refractivity contribution in [1.29, 1.82) is 0 Å². The maximum atomic E-state index is 13.0. The van der Waals surface area contributed by atoms with Gasteiger partial charge in [-0.3, -0.25) is 14.4 Å². The van der Waals surface area contributed by atoms with Crippen LogP contribution in [0.25, 0.3) is 0 Å². The number of aliphatic hydroxyl groups is 1. The number of aromatic nitrogens is 3. The lowest BCUT2D eigenvalue weighted by Crippen LogP contribution is -2.40. The summed E-state index contributed by atoms with van der Waals surface area (Å²) >= 11 is 0. The number of aliphatic hydroxyl groups excluding tert-OH is 1. The number of anilines is 2. The van der Waals surface area contributed by atoms with E-state index in [0.29, 0.717) is 13.0 Å². The number of carbonyl (C=O) groups excluding carboxylic acids is 1. The molecule has 5 atom stereocenters. The summed E-state index contributed by atoms with van der Waals surface area (Å²) in [7, 11) is -2.52. The molecule has 1 unspecified atom stereocenters. The van der Waals surface area contributed by atoms with Crippen LogP contribution < -0.4 is 4.90 Å². The summed E-state index contributed by atoms with van der Waals surface area (Å²) in [6, 6.07) is 26.3. The molecule has 3 heterocycles. The number of rotatable bonds is 11. The van der Waals surface area contributed by atoms with Gasteiger partial charge in [-0.05, 0) is 79.6 Å². The van der Waals surface area contributed by atoms with Crippen molar-refractivity contribution in [2.45, 2.75) is 82.3 Å². The van der Waals surface area contributed by atoms with E-state index in [9.17, 15) is 14.7 Å². The highest BCUT2D eigenvalue weighted by molar-refractivity contribution is 6.71. The van der Waals surface area contributed by atoms with E-state index >= 15 is 0 Å². The molecule has 2 aliphatic heterocycles. The van der Waals surface area contributed by atoms with Crippen LogP contribution in [0.3, 0.4) is 0 Å². The van der Waals surface area contributed by atoms with Gasteiger partial charge in [-0.2, -0.15) is 0 Å². The summed E-state index contributed by atoms with van der Waals surface area (Å²) in [6.07, 6.45) is 5.57. The van der Waals surface area contributed by atoms with Crippen molar-refractivity contribution >= 4 is 25.6 Å². The molecule has 8 nitrogen and oxygen atoms in total. The summed E-state index contributed by atoms with van der Waals surface area (Å²) in [5.74, 6) is 0.138. The molecule has 0 spiro atoms. The lowest BCUT2D eigenvalue weighted by atomic mass is 9.94. The Balaban J connectivity index is 1.12. The number of nitrogens with zero attached hydrogens (tertiary/aromatic N) is 4. The van der Waals surface area contributed by atoms with Crippen molar-refractivity contribution in [2.75, 3.05) is 11.5 Å². The van der Waals surface area contributed by atoms with Crippen molar-refractivity contribution in [3.05, 3.63) is 107 Å². The van der Waals surface area contributed by atoms with Gasteiger partial charge in [-0.25, -0.2) is 0 Å². The third kappa shape index (κ3) is 6.82. The van der Waals surface area contributed by atoms with Crippen LogP contribution in [0.15, 0.2) is 85.1 Å². The van der Waals surface area contributed by atoms with E-state index < -0.39 is 8.32 Å². The quantitative estimate of drug-likeness (QED) is 0.198. The average Bonchev–Trinajstić information content (AvgIpc) is 3.63. The zero-order valence-electron chi connectivity index (χ0n) is 26.4. The van der Waals surface area contributed by atoms with E-state index in [1.54, 1.807) is 0 Å². The summed E-state index contributed by atoms with van der Waals surface area (Å²) in [5.41, 5.74) is 6.12. The Hall–Kier alpha value is -3.63. The molecule has 1 amide bonds. The van der Waals surface area contributed by atoms with Gasteiger partial charge in [-0.1, -0.05) is 72.8 Å². The predicted octanol–water partition coefficient (Wildman–Crippen LogP) is 6.01. The molecule has 6 rings (SSSR count). The van der Waals surface area contributed by atoms with E-state index in [1.807, 2.05) is 89.5 Å². The molecule has 1 fully saturated rings. The van der Waals surface area contributed by atoms with Crippen molar-refractivity contribution < 1.29 is 19.4 Å². The summed E-state index contributed by atoms with van der Waals surface area (Å²) < 4.78 is 8.55. The minimum Gasteiger partial charge on any atom is -0.432 e. The molecule has 1 saturated heterocycles. The maximum absolute atomic E-state index is 13.0. The van der Waals surface area contributed by atoms with Crippen LogP contribution in [0.4, 0.5) is 11.4 Å². The number of para-hydroxylation sites is 1. The highest BCUT2D eigenvalue weighted by Gasteiger charge is 2.49. The third-order valence-corrected chi connectivity index (χ3v) is 12.2. The Morgan fingerprint density at radius 2 is 1.76 bits per heavy atom. The second kappa shape index (κ2) is 13.4. The van der Waals surface area contributed by atoms with Crippen molar-refractivity contribution in [3.63, 3.8) is 0 Å². The van der Waals surface area contributed by atoms with E-state index in [-0.39, 0.29) is 42.1 Å². The van der Waals surface area contributed by atoms with Crippen LogP contribution in [0.2, 0.25) is 18.6 Å². The zero-order chi connectivity index (χ0) is 31.6. The molecule has 3 aromatic carbocycles. The molecule has 0 saturated carbocycles. The minimum atomic E-state index is -2.52. The van der Waals surface area contributed by atoms with E-state index in [4.69, 9.17) is 4.74 Å². The van der Waals surface area contributed by atoms with Crippen molar-refractivity contribution in [2.24, 2.45) is 5.92 Å². The molecule has 2 N–H and O–H groups in total. The smallest absolute Gasteiger partial charge is 0.231 e. The van der Waals surface area contributed by atoms with Crippen molar-refractivity contribution in [3.8, 4) is 0 Å². The van der Waals surface area contributed by atoms with Gasteiger partial charge in [0.1, 0.15) is 0 Å². The standard InChI is InChI=1S/C36H44N4O4Si/c1-25-33(18-16-26-10-9-14-29(22-26)40-32-15-8-7-13-28(32)17-19-35(40)42)44-34(36(25)45(2,3)43)20-21-39-23-31(37-38-39)30(24-41)27-11-5-4-6-12-27/h4-15,22-23,25,30,33-34,36,41,43H,16-21,24H2,1-3H3/t25-,30?,33+,34-,36+/m0/s1. The normalized spacial score (nSPS) is 22.4. The maximum Gasteiger partial charge on any atom is 0.231 e. The monoisotopic (exact) mass is 624 g/mol. The fourth-order valence-electron chi connectivity index (χ4n) is 7.45. The van der Waals surface area contributed by atoms with Gasteiger partial charge in [0, 0.05) is 30.4 Å². The second-order valence-corrected chi connectivity index (χ2v) is 17.1. The lowest BCUT2D eigenvalue weighted by molar-refractivity contribution is -0.118. The second-order valence-electron chi connectivity index (χ2n) is 13.2. The first-order valence-corrected chi connectivity index (χ1v) is 19.2. The average molecular weight is 625 g/mol. The molecule has 236 valence electrons. The number of fused-ring (bicyclic) bond motifs is 1. The third-order valence-electron chi connectivity index (χ3n) is 9.64. The van der Waals surface area contributed by atoms with E-state index in [1.165, 1.54) is 11.1 Å². The SMILES string of the molecule is C[C@@H]1[C@@H]([Si](C)(C)O)[C@H](CCn2cc(C(CO)c3ccccc3)nn2)O[C@@H]1CCc1cccc(N2C(=O)CCc3ccccc32)c1. The van der Waals surface area contributed by atoms with Gasteiger partial charge in [0.15, 0.2) is 8.32 Å². The predicted molar refractivity (Wildman–Crippen MR) is 178 cm³/mol. The molecular weight excluding hydrogens is 581 g/mol. The Morgan fingerprint density at radius 1 is 0.978 bits per heavy atom. The van der Waals surface area contributed by atoms with Gasteiger partial charge >= 0.3 is 0 Å². The van der Waals surface area contributed by atoms with Crippen LogP contribution in [0, 0.1) is 5.92 Å². The molecule has 0 bridgehead atoms. The first-order chi connectivity index (χ1) is 21.7. The number of carbonyl (C=O) groups is 1. The number of hydrogen-bond acceptors (Lipinski definition) is 6. The molecule has 2 aliphatic rings. The summed E-state index contributed by atoms with van der Waals surface area (Å²) in [5, 5.41) is 18.8. The Kier molecular flexibility index (Phi) is 9.33. The number of hydrogen-bond donors (Lipinski definition) is 2. The van der Waals surface area contributed by atoms with Gasteiger partial charge in [0.25, 0.3) is 0 Å². The van der Waals surface area contributed by atoms with Crippen LogP contribution in [-0.4, -0.2) is 57.9 Å². The lowest BCUT2D eigenvalue weighted by Gasteiger charge is -2.30. The first kappa shape index (κ1) is 31.4. The highest BCUT2D eigenvalue weighted by atomic mass is 28.4. The first-order valence-electron chi connectivity index (χ1n) is 16.2. The van der Waals surface area contributed by atoms with Crippen molar-refractivity contribution in [1.82, 2.24) is 15.0 Å². The number of aryl methyl sites for hydroxylation is 3. The largest absolute Gasteiger partial charge is 0.432 e. The Morgan fingerprint density at radius 3 is 2.53 bits per heavy atom. The number of benzene rings is 3. The Labute approximate surface area is 266 Å². The zero-order valence-corrected chi connectivity index (χ0v) is 27.4. The van der Waals surface area contributed by atoms with Crippen LogP contribution in [0.5, 0.6) is 0 Å². The molecule has 45 heavy (non-hydrogen) atoms. The molecule has 0 radical (unpaired) electrons. The number of amides is 1. The van der Waals surface area contributed by atoms with E-state index in [0.717, 1.165) is 48.3 Å².